The minimum Gasteiger partial charge on any atom is -0.371 e. The fourth-order valence-electron chi connectivity index (χ4n) is 1.83. The van der Waals surface area contributed by atoms with Crippen LogP contribution in [-0.4, -0.2) is 29.2 Å². The largest absolute Gasteiger partial charge is 0.417 e. The van der Waals surface area contributed by atoms with E-state index in [9.17, 15) is 18.0 Å². The molecule has 2 aromatic rings. The molecule has 2 heterocycles. The molecule has 0 aliphatic heterocycles. The molecule has 0 radical (unpaired) electrons. The summed E-state index contributed by atoms with van der Waals surface area (Å²) in [7, 11) is 1.50. The normalized spacial score (nSPS) is 11.2. The summed E-state index contributed by atoms with van der Waals surface area (Å²) in [5, 5.41) is 5.09. The zero-order valence-electron chi connectivity index (χ0n) is 12.2. The number of rotatable bonds is 4. The molecule has 0 fully saturated rings. The Labute approximate surface area is 134 Å². The van der Waals surface area contributed by atoms with Gasteiger partial charge in [0.1, 0.15) is 5.82 Å². The van der Waals surface area contributed by atoms with Crippen LogP contribution in [0, 0.1) is 0 Å². The molecule has 2 N–H and O–H groups in total. The Morgan fingerprint density at radius 1 is 1.30 bits per heavy atom. The number of nitrogens with one attached hydrogen (secondary N) is 2. The highest BCUT2D eigenvalue weighted by Crippen LogP contribution is 2.33. The van der Waals surface area contributed by atoms with Gasteiger partial charge in [0.25, 0.3) is 5.91 Å². The Hall–Kier alpha value is -2.29. The Morgan fingerprint density at radius 2 is 2.04 bits per heavy atom. The van der Waals surface area contributed by atoms with Crippen LogP contribution in [-0.2, 0) is 6.18 Å². The number of aromatic nitrogens is 2. The molecule has 0 aliphatic rings. The maximum absolute atomic E-state index is 12.8. The SMILES string of the molecule is CNc1ncc(C(F)(F)F)cc1NC(=O)c1cnccc1SC. The summed E-state index contributed by atoms with van der Waals surface area (Å²) >= 11 is 1.34. The van der Waals surface area contributed by atoms with Crippen LogP contribution in [0.3, 0.4) is 0 Å². The molecule has 0 bridgehead atoms. The molecule has 23 heavy (non-hydrogen) atoms. The maximum atomic E-state index is 12.8. The Morgan fingerprint density at radius 3 is 2.65 bits per heavy atom. The third-order valence-corrected chi connectivity index (χ3v) is 3.74. The van der Waals surface area contributed by atoms with Gasteiger partial charge in [-0.25, -0.2) is 4.98 Å². The highest BCUT2D eigenvalue weighted by molar-refractivity contribution is 7.98. The highest BCUT2D eigenvalue weighted by atomic mass is 32.2. The van der Waals surface area contributed by atoms with Gasteiger partial charge in [0, 0.05) is 30.5 Å². The topological polar surface area (TPSA) is 66.9 Å². The number of carbonyl (C=O) groups is 1. The lowest BCUT2D eigenvalue weighted by Gasteiger charge is -2.14. The third kappa shape index (κ3) is 3.92. The van der Waals surface area contributed by atoms with Crippen LogP contribution in [0.15, 0.2) is 35.6 Å². The first kappa shape index (κ1) is 17.1. The van der Waals surface area contributed by atoms with Crippen LogP contribution in [0.2, 0.25) is 0 Å². The molecular formula is C14H13F3N4OS. The minimum atomic E-state index is -4.54. The fourth-order valence-corrected chi connectivity index (χ4v) is 2.40. The Bertz CT molecular complexity index is 721. The van der Waals surface area contributed by atoms with Crippen LogP contribution in [0.25, 0.3) is 0 Å². The van der Waals surface area contributed by atoms with Gasteiger partial charge in [0.15, 0.2) is 0 Å². The summed E-state index contributed by atoms with van der Waals surface area (Å²) in [5.74, 6) is -0.416. The number of thioether (sulfide) groups is 1. The van der Waals surface area contributed by atoms with Crippen molar-refractivity contribution in [3.8, 4) is 0 Å². The second-order valence-corrected chi connectivity index (χ2v) is 5.25. The third-order valence-electron chi connectivity index (χ3n) is 2.95. The summed E-state index contributed by atoms with van der Waals surface area (Å²) in [6.07, 6.45) is 0.849. The fraction of sp³-hybridized carbons (Fsp3) is 0.214. The molecule has 0 saturated heterocycles. The molecule has 1 amide bonds. The molecule has 0 aromatic carbocycles. The number of alkyl halides is 3. The highest BCUT2D eigenvalue weighted by Gasteiger charge is 2.32. The van der Waals surface area contributed by atoms with Crippen LogP contribution in [0.4, 0.5) is 24.7 Å². The predicted octanol–water partition coefficient (Wildman–Crippen LogP) is 3.51. The van der Waals surface area contributed by atoms with Crippen molar-refractivity contribution in [2.24, 2.45) is 0 Å². The van der Waals surface area contributed by atoms with Crippen molar-refractivity contribution >= 4 is 29.2 Å². The molecule has 2 rings (SSSR count). The molecule has 122 valence electrons. The van der Waals surface area contributed by atoms with Crippen molar-refractivity contribution in [2.45, 2.75) is 11.1 Å². The van der Waals surface area contributed by atoms with E-state index in [1.807, 2.05) is 0 Å². The lowest BCUT2D eigenvalue weighted by atomic mass is 10.2. The van der Waals surface area contributed by atoms with E-state index in [0.717, 1.165) is 6.07 Å². The number of amides is 1. The van der Waals surface area contributed by atoms with E-state index in [1.54, 1.807) is 12.3 Å². The lowest BCUT2D eigenvalue weighted by molar-refractivity contribution is -0.137. The number of pyridine rings is 2. The van der Waals surface area contributed by atoms with Gasteiger partial charge >= 0.3 is 6.18 Å². The van der Waals surface area contributed by atoms with Crippen LogP contribution in [0.1, 0.15) is 15.9 Å². The molecule has 5 nitrogen and oxygen atoms in total. The average Bonchev–Trinajstić information content (AvgIpc) is 2.53. The van der Waals surface area contributed by atoms with Crippen molar-refractivity contribution in [3.05, 3.63) is 41.9 Å². The van der Waals surface area contributed by atoms with Gasteiger partial charge in [0.05, 0.1) is 16.8 Å². The van der Waals surface area contributed by atoms with Crippen LogP contribution in [0.5, 0.6) is 0 Å². The van der Waals surface area contributed by atoms with Gasteiger partial charge in [-0.2, -0.15) is 13.2 Å². The first-order valence-electron chi connectivity index (χ1n) is 6.41. The minimum absolute atomic E-state index is 0.0526. The van der Waals surface area contributed by atoms with Gasteiger partial charge in [-0.1, -0.05) is 0 Å². The molecule has 0 spiro atoms. The summed E-state index contributed by atoms with van der Waals surface area (Å²) in [6.45, 7) is 0. The van der Waals surface area contributed by atoms with Crippen LogP contribution >= 0.6 is 11.8 Å². The maximum Gasteiger partial charge on any atom is 0.417 e. The van der Waals surface area contributed by atoms with Crippen LogP contribution < -0.4 is 10.6 Å². The van der Waals surface area contributed by atoms with Gasteiger partial charge in [-0.15, -0.1) is 11.8 Å². The van der Waals surface area contributed by atoms with Gasteiger partial charge in [0.2, 0.25) is 0 Å². The first-order chi connectivity index (χ1) is 10.9. The summed E-state index contributed by atoms with van der Waals surface area (Å²) < 4.78 is 38.4. The van der Waals surface area contributed by atoms with Crippen molar-refractivity contribution < 1.29 is 18.0 Å². The van der Waals surface area contributed by atoms with Crippen molar-refractivity contribution in [1.29, 1.82) is 0 Å². The molecule has 0 saturated carbocycles. The second-order valence-electron chi connectivity index (χ2n) is 4.40. The van der Waals surface area contributed by atoms with Crippen molar-refractivity contribution in [3.63, 3.8) is 0 Å². The Balaban J connectivity index is 2.36. The van der Waals surface area contributed by atoms with E-state index < -0.39 is 17.6 Å². The zero-order valence-corrected chi connectivity index (χ0v) is 13.0. The van der Waals surface area contributed by atoms with E-state index >= 15 is 0 Å². The number of hydrogen-bond acceptors (Lipinski definition) is 5. The standard InChI is InChI=1S/C14H13F3N4OS/c1-18-12-10(5-8(6-20-12)14(15,16)17)21-13(22)9-7-19-4-3-11(9)23-2/h3-7H,1-2H3,(H,18,20)(H,21,22). The van der Waals surface area contributed by atoms with E-state index in [2.05, 4.69) is 20.6 Å². The zero-order chi connectivity index (χ0) is 17.0. The molecule has 0 atom stereocenters. The molecule has 0 unspecified atom stereocenters. The lowest BCUT2D eigenvalue weighted by Crippen LogP contribution is -2.16. The smallest absolute Gasteiger partial charge is 0.371 e. The summed E-state index contributed by atoms with van der Waals surface area (Å²) in [6, 6.07) is 2.49. The van der Waals surface area contributed by atoms with E-state index in [0.29, 0.717) is 11.1 Å². The van der Waals surface area contributed by atoms with Gasteiger partial charge < -0.3 is 10.6 Å². The van der Waals surface area contributed by atoms with E-state index in [4.69, 9.17) is 0 Å². The molecular weight excluding hydrogens is 329 g/mol. The number of hydrogen-bond donors (Lipinski definition) is 2. The number of carbonyl (C=O) groups excluding carboxylic acids is 1. The first-order valence-corrected chi connectivity index (χ1v) is 7.63. The number of anilines is 2. The quantitative estimate of drug-likeness (QED) is 0.833. The summed E-state index contributed by atoms with van der Waals surface area (Å²) in [5.41, 5.74) is -0.717. The monoisotopic (exact) mass is 342 g/mol. The molecule has 2 aromatic heterocycles. The van der Waals surface area contributed by atoms with E-state index in [-0.39, 0.29) is 17.1 Å². The number of nitrogens with zero attached hydrogens (tertiary/aromatic N) is 2. The predicted molar refractivity (Wildman–Crippen MR) is 82.8 cm³/mol. The van der Waals surface area contributed by atoms with Gasteiger partial charge in [-0.3, -0.25) is 9.78 Å². The van der Waals surface area contributed by atoms with Crippen molar-refractivity contribution in [1.82, 2.24) is 9.97 Å². The summed E-state index contributed by atoms with van der Waals surface area (Å²) in [4.78, 5) is 20.5. The van der Waals surface area contributed by atoms with Gasteiger partial charge in [-0.05, 0) is 18.4 Å². The molecule has 9 heteroatoms. The number of halogens is 3. The van der Waals surface area contributed by atoms with Crippen molar-refractivity contribution in [2.75, 3.05) is 23.9 Å². The second kappa shape index (κ2) is 6.86. The Kier molecular flexibility index (Phi) is 5.09. The van der Waals surface area contributed by atoms with E-state index in [1.165, 1.54) is 31.2 Å². The molecule has 0 aliphatic carbocycles. The average molecular weight is 342 g/mol.